The molecule has 3 N–H and O–H groups in total. The molecule has 0 aliphatic rings. The number of fused-ring (bicyclic) bond motifs is 1. The zero-order valence-electron chi connectivity index (χ0n) is 14.8. The fourth-order valence-electron chi connectivity index (χ4n) is 2.63. The highest BCUT2D eigenvalue weighted by Crippen LogP contribution is 2.17. The van der Waals surface area contributed by atoms with E-state index in [2.05, 4.69) is 26.8 Å². The summed E-state index contributed by atoms with van der Waals surface area (Å²) in [6.45, 7) is 6.09. The molecule has 0 radical (unpaired) electrons. The van der Waals surface area contributed by atoms with Crippen LogP contribution in [0.1, 0.15) is 42.4 Å². The van der Waals surface area contributed by atoms with Gasteiger partial charge in [-0.15, -0.1) is 0 Å². The summed E-state index contributed by atoms with van der Waals surface area (Å²) in [5.41, 5.74) is 3.53. The average Bonchev–Trinajstić information content (AvgIpc) is 2.94. The van der Waals surface area contributed by atoms with Gasteiger partial charge in [-0.25, -0.2) is 14.3 Å². The molecule has 2 aromatic heterocycles. The molecule has 0 bridgehead atoms. The molecule has 0 saturated carbocycles. The minimum atomic E-state index is -0.301. The van der Waals surface area contributed by atoms with E-state index in [9.17, 15) is 10.1 Å². The number of aryl methyl sites for hydroxylation is 3. The van der Waals surface area contributed by atoms with Crippen molar-refractivity contribution in [2.75, 3.05) is 13.2 Å². The number of carbonyl (C=O) groups is 1. The molecule has 8 nitrogen and oxygen atoms in total. The number of hydrogen-bond donors (Lipinski definition) is 3. The van der Waals surface area contributed by atoms with Crippen LogP contribution in [0.15, 0.2) is 6.07 Å². The van der Waals surface area contributed by atoms with Crippen LogP contribution in [-0.2, 0) is 6.42 Å². The monoisotopic (exact) mass is 344 g/mol. The first kappa shape index (κ1) is 18.7. The highest BCUT2D eigenvalue weighted by molar-refractivity contribution is 5.74. The molecule has 1 unspecified atom stereocenters. The van der Waals surface area contributed by atoms with Gasteiger partial charge in [-0.05, 0) is 39.2 Å². The Kier molecular flexibility index (Phi) is 6.31. The quantitative estimate of drug-likeness (QED) is 0.653. The molecular formula is C17H24N6O2. The predicted molar refractivity (Wildman–Crippen MR) is 93.2 cm³/mol. The van der Waals surface area contributed by atoms with E-state index in [4.69, 9.17) is 5.11 Å². The lowest BCUT2D eigenvalue weighted by molar-refractivity contribution is 0.214. The van der Waals surface area contributed by atoms with Crippen molar-refractivity contribution in [3.63, 3.8) is 0 Å². The number of aliphatic hydroxyl groups excluding tert-OH is 1. The van der Waals surface area contributed by atoms with E-state index in [1.54, 1.807) is 4.52 Å². The van der Waals surface area contributed by atoms with Crippen molar-refractivity contribution < 1.29 is 9.90 Å². The second kappa shape index (κ2) is 8.44. The zero-order valence-corrected chi connectivity index (χ0v) is 14.8. The highest BCUT2D eigenvalue weighted by atomic mass is 16.3. The number of amides is 2. The molecule has 0 aliphatic carbocycles. The van der Waals surface area contributed by atoms with Crippen molar-refractivity contribution in [3.8, 4) is 6.07 Å². The van der Waals surface area contributed by atoms with E-state index in [1.807, 2.05) is 26.8 Å². The lowest BCUT2D eigenvalue weighted by Crippen LogP contribution is -2.43. The molecule has 2 amide bonds. The van der Waals surface area contributed by atoms with Gasteiger partial charge in [-0.1, -0.05) is 6.92 Å². The Balaban J connectivity index is 1.97. The number of carbonyl (C=O) groups excluding carboxylic acids is 1. The number of rotatable bonds is 7. The summed E-state index contributed by atoms with van der Waals surface area (Å²) < 4.78 is 1.69. The molecular weight excluding hydrogens is 320 g/mol. The SMILES string of the molecule is CCC(CO)NC(=O)NCCCc1nn2c(C)cc(C)nc2c1C#N. The minimum absolute atomic E-state index is 0.0809. The molecule has 8 heteroatoms. The number of urea groups is 1. The fourth-order valence-corrected chi connectivity index (χ4v) is 2.63. The summed E-state index contributed by atoms with van der Waals surface area (Å²) in [7, 11) is 0. The van der Waals surface area contributed by atoms with Gasteiger partial charge in [0.1, 0.15) is 11.6 Å². The van der Waals surface area contributed by atoms with E-state index in [-0.39, 0.29) is 18.7 Å². The van der Waals surface area contributed by atoms with Crippen LogP contribution in [0.4, 0.5) is 4.79 Å². The van der Waals surface area contributed by atoms with Crippen molar-refractivity contribution in [2.24, 2.45) is 0 Å². The van der Waals surface area contributed by atoms with Crippen molar-refractivity contribution in [2.45, 2.75) is 46.1 Å². The molecule has 0 aliphatic heterocycles. The van der Waals surface area contributed by atoms with Gasteiger partial charge in [0, 0.05) is 17.9 Å². The fraction of sp³-hybridized carbons (Fsp3) is 0.529. The third kappa shape index (κ3) is 4.45. The average molecular weight is 344 g/mol. The summed E-state index contributed by atoms with van der Waals surface area (Å²) in [4.78, 5) is 16.1. The first-order chi connectivity index (χ1) is 12.0. The summed E-state index contributed by atoms with van der Waals surface area (Å²) in [6.07, 6.45) is 1.89. The largest absolute Gasteiger partial charge is 0.394 e. The molecule has 2 rings (SSSR count). The normalized spacial score (nSPS) is 12.0. The second-order valence-electron chi connectivity index (χ2n) is 6.00. The summed E-state index contributed by atoms with van der Waals surface area (Å²) in [5, 5.41) is 28.4. The van der Waals surface area contributed by atoms with Crippen LogP contribution in [0.25, 0.3) is 5.65 Å². The van der Waals surface area contributed by atoms with Crippen molar-refractivity contribution in [1.82, 2.24) is 25.2 Å². The van der Waals surface area contributed by atoms with E-state index in [0.29, 0.717) is 42.7 Å². The molecule has 25 heavy (non-hydrogen) atoms. The number of hydrogen-bond acceptors (Lipinski definition) is 5. The number of nitrogens with zero attached hydrogens (tertiary/aromatic N) is 4. The van der Waals surface area contributed by atoms with Gasteiger partial charge in [-0.2, -0.15) is 10.4 Å². The Hall–Kier alpha value is -2.66. The maximum absolute atomic E-state index is 11.7. The predicted octanol–water partition coefficient (Wildman–Crippen LogP) is 1.22. The first-order valence-corrected chi connectivity index (χ1v) is 8.41. The van der Waals surface area contributed by atoms with Crippen molar-refractivity contribution in [1.29, 1.82) is 5.26 Å². The van der Waals surface area contributed by atoms with E-state index in [0.717, 1.165) is 11.4 Å². The third-order valence-electron chi connectivity index (χ3n) is 4.00. The van der Waals surface area contributed by atoms with Gasteiger partial charge < -0.3 is 15.7 Å². The molecule has 0 fully saturated rings. The number of aliphatic hydroxyl groups is 1. The van der Waals surface area contributed by atoms with Gasteiger partial charge in [0.2, 0.25) is 0 Å². The Morgan fingerprint density at radius 3 is 2.88 bits per heavy atom. The Morgan fingerprint density at radius 1 is 1.48 bits per heavy atom. The Labute approximate surface area is 146 Å². The van der Waals surface area contributed by atoms with Crippen molar-refractivity contribution >= 4 is 11.7 Å². The summed E-state index contributed by atoms with van der Waals surface area (Å²) in [5.74, 6) is 0. The lowest BCUT2D eigenvalue weighted by atomic mass is 10.1. The Morgan fingerprint density at radius 2 is 2.24 bits per heavy atom. The van der Waals surface area contributed by atoms with Crippen LogP contribution in [0.3, 0.4) is 0 Å². The molecule has 1 atom stereocenters. The van der Waals surface area contributed by atoms with E-state index in [1.165, 1.54) is 0 Å². The molecule has 0 aromatic carbocycles. The lowest BCUT2D eigenvalue weighted by Gasteiger charge is -2.14. The zero-order chi connectivity index (χ0) is 18.4. The summed E-state index contributed by atoms with van der Waals surface area (Å²) in [6, 6.07) is 3.57. The smallest absolute Gasteiger partial charge is 0.315 e. The molecule has 2 heterocycles. The van der Waals surface area contributed by atoms with E-state index < -0.39 is 0 Å². The van der Waals surface area contributed by atoms with Crippen molar-refractivity contribution in [3.05, 3.63) is 28.7 Å². The van der Waals surface area contributed by atoms with Crippen LogP contribution in [0.2, 0.25) is 0 Å². The maximum Gasteiger partial charge on any atom is 0.315 e. The third-order valence-corrected chi connectivity index (χ3v) is 4.00. The number of nitriles is 1. The van der Waals surface area contributed by atoms with Gasteiger partial charge in [0.25, 0.3) is 0 Å². The summed E-state index contributed by atoms with van der Waals surface area (Å²) >= 11 is 0. The Bertz CT molecular complexity index is 789. The number of aromatic nitrogens is 3. The number of nitrogens with one attached hydrogen (secondary N) is 2. The standard InChI is InChI=1S/C17H24N6O2/c1-4-13(10-24)21-17(25)19-7-5-6-15-14(9-18)16-20-11(2)8-12(3)23(16)22-15/h8,13,24H,4-7,10H2,1-3H3,(H2,19,21,25). The minimum Gasteiger partial charge on any atom is -0.394 e. The molecule has 0 spiro atoms. The first-order valence-electron chi connectivity index (χ1n) is 8.41. The van der Waals surface area contributed by atoms with Crippen LogP contribution in [0, 0.1) is 25.2 Å². The maximum atomic E-state index is 11.7. The topological polar surface area (TPSA) is 115 Å². The molecule has 2 aromatic rings. The van der Waals surface area contributed by atoms with Crippen LogP contribution in [-0.4, -0.2) is 44.9 Å². The second-order valence-corrected chi connectivity index (χ2v) is 6.00. The van der Waals surface area contributed by atoms with Gasteiger partial charge in [0.15, 0.2) is 5.65 Å². The molecule has 0 saturated heterocycles. The highest BCUT2D eigenvalue weighted by Gasteiger charge is 2.15. The van der Waals surface area contributed by atoms with E-state index >= 15 is 0 Å². The van der Waals surface area contributed by atoms with Gasteiger partial charge in [0.05, 0.1) is 18.3 Å². The molecule has 134 valence electrons. The van der Waals surface area contributed by atoms with Gasteiger partial charge in [-0.3, -0.25) is 0 Å². The van der Waals surface area contributed by atoms with Crippen LogP contribution in [0.5, 0.6) is 0 Å². The van der Waals surface area contributed by atoms with Gasteiger partial charge >= 0.3 is 6.03 Å². The van der Waals surface area contributed by atoms with Crippen LogP contribution < -0.4 is 10.6 Å². The van der Waals surface area contributed by atoms with Crippen LogP contribution >= 0.6 is 0 Å².